The maximum atomic E-state index is 11.5. The standard InChI is InChI=1S/C18H32O10/c1-3-8-13(20)11(5-19)27-12(14(8)21)7-26-6-9-15(22)16(23)10(4-2)28-17(9)18(24)25/h8-17,19-23H,3-7H2,1-2H3,(H,24,25)/t8?,9-,10-,11?,12-,13-,14?,15?,16?,17?/m0/s1. The number of carboxylic acid groups (broad SMARTS) is 1. The Morgan fingerprint density at radius 3 is 2.00 bits per heavy atom. The monoisotopic (exact) mass is 408 g/mol. The van der Waals surface area contributed by atoms with Crippen LogP contribution in [0.4, 0.5) is 0 Å². The second-order valence-electron chi connectivity index (χ2n) is 7.47. The molecule has 0 aromatic carbocycles. The molecule has 0 aliphatic carbocycles. The van der Waals surface area contributed by atoms with Crippen LogP contribution < -0.4 is 0 Å². The second kappa shape index (κ2) is 10.3. The molecule has 28 heavy (non-hydrogen) atoms. The lowest BCUT2D eigenvalue weighted by molar-refractivity contribution is -0.234. The molecule has 2 aliphatic heterocycles. The summed E-state index contributed by atoms with van der Waals surface area (Å²) in [6.45, 7) is 2.73. The first-order valence-electron chi connectivity index (χ1n) is 9.71. The molecule has 0 spiro atoms. The van der Waals surface area contributed by atoms with Gasteiger partial charge in [0.05, 0.1) is 44.2 Å². The Balaban J connectivity index is 1.99. The van der Waals surface area contributed by atoms with Gasteiger partial charge in [-0.05, 0) is 12.8 Å². The topological polar surface area (TPSA) is 166 Å². The molecule has 0 aromatic heterocycles. The zero-order valence-corrected chi connectivity index (χ0v) is 16.1. The molecule has 0 bridgehead atoms. The Kier molecular flexibility index (Phi) is 8.59. The molecule has 10 nitrogen and oxygen atoms in total. The highest BCUT2D eigenvalue weighted by molar-refractivity contribution is 5.73. The lowest BCUT2D eigenvalue weighted by Crippen LogP contribution is -2.58. The summed E-state index contributed by atoms with van der Waals surface area (Å²) in [6, 6.07) is 0. The van der Waals surface area contributed by atoms with Crippen LogP contribution in [0.15, 0.2) is 0 Å². The molecule has 10 atom stereocenters. The molecule has 10 heteroatoms. The Hall–Kier alpha value is -0.850. The average molecular weight is 408 g/mol. The first-order valence-corrected chi connectivity index (χ1v) is 9.71. The van der Waals surface area contributed by atoms with E-state index in [9.17, 15) is 35.4 Å². The number of aliphatic hydroxyl groups excluding tert-OH is 5. The van der Waals surface area contributed by atoms with Gasteiger partial charge in [-0.15, -0.1) is 0 Å². The summed E-state index contributed by atoms with van der Waals surface area (Å²) in [5, 5.41) is 59.7. The third kappa shape index (κ3) is 4.82. The predicted molar refractivity (Wildman–Crippen MR) is 94.5 cm³/mol. The van der Waals surface area contributed by atoms with Gasteiger partial charge in [0.2, 0.25) is 0 Å². The number of aliphatic hydroxyl groups is 5. The summed E-state index contributed by atoms with van der Waals surface area (Å²) in [5.41, 5.74) is 0. The first kappa shape index (κ1) is 23.4. The fourth-order valence-electron chi connectivity index (χ4n) is 4.02. The van der Waals surface area contributed by atoms with Crippen LogP contribution in [0.2, 0.25) is 0 Å². The average Bonchev–Trinajstić information content (AvgIpc) is 2.67. The number of hydrogen-bond donors (Lipinski definition) is 6. The van der Waals surface area contributed by atoms with Gasteiger partial charge in [0.25, 0.3) is 0 Å². The zero-order valence-electron chi connectivity index (χ0n) is 16.1. The minimum absolute atomic E-state index is 0.135. The SMILES string of the molecule is CCC1C(O)[C@H](COC[C@@H]2C(C(=O)O)O[C@@H](CC)C(O)C2O)OC(CO)[C@H]1O. The molecule has 2 aliphatic rings. The van der Waals surface area contributed by atoms with E-state index in [1.165, 1.54) is 0 Å². The molecule has 2 fully saturated rings. The van der Waals surface area contributed by atoms with Gasteiger partial charge in [0.15, 0.2) is 6.10 Å². The highest BCUT2D eigenvalue weighted by Gasteiger charge is 2.47. The van der Waals surface area contributed by atoms with E-state index in [0.29, 0.717) is 12.8 Å². The van der Waals surface area contributed by atoms with E-state index in [1.807, 2.05) is 0 Å². The molecule has 0 aromatic rings. The van der Waals surface area contributed by atoms with E-state index in [0.717, 1.165) is 0 Å². The molecular weight excluding hydrogens is 376 g/mol. The van der Waals surface area contributed by atoms with Crippen LogP contribution in [-0.2, 0) is 19.0 Å². The number of hydrogen-bond acceptors (Lipinski definition) is 9. The van der Waals surface area contributed by atoms with E-state index in [2.05, 4.69) is 0 Å². The Morgan fingerprint density at radius 2 is 1.46 bits per heavy atom. The normalized spacial score (nSPS) is 44.4. The van der Waals surface area contributed by atoms with E-state index in [1.54, 1.807) is 13.8 Å². The summed E-state index contributed by atoms with van der Waals surface area (Å²) < 4.78 is 16.4. The Labute approximate surface area is 163 Å². The van der Waals surface area contributed by atoms with Crippen molar-refractivity contribution in [1.29, 1.82) is 0 Å². The molecule has 2 rings (SSSR count). The van der Waals surface area contributed by atoms with Crippen molar-refractivity contribution in [3.8, 4) is 0 Å². The third-order valence-corrected chi connectivity index (χ3v) is 5.76. The highest BCUT2D eigenvalue weighted by Crippen LogP contribution is 2.31. The van der Waals surface area contributed by atoms with Crippen molar-refractivity contribution in [2.75, 3.05) is 19.8 Å². The number of carboxylic acids is 1. The van der Waals surface area contributed by atoms with Gasteiger partial charge >= 0.3 is 5.97 Å². The number of rotatable bonds is 8. The Morgan fingerprint density at radius 1 is 0.821 bits per heavy atom. The molecule has 0 radical (unpaired) electrons. The van der Waals surface area contributed by atoms with Crippen molar-refractivity contribution in [1.82, 2.24) is 0 Å². The van der Waals surface area contributed by atoms with Crippen LogP contribution >= 0.6 is 0 Å². The van der Waals surface area contributed by atoms with Gasteiger partial charge in [-0.1, -0.05) is 13.8 Å². The van der Waals surface area contributed by atoms with Crippen LogP contribution in [0.5, 0.6) is 0 Å². The number of carbonyl (C=O) groups is 1. The van der Waals surface area contributed by atoms with Gasteiger partial charge in [0.1, 0.15) is 18.3 Å². The molecule has 2 heterocycles. The minimum atomic E-state index is -1.34. The molecule has 0 amide bonds. The lowest BCUT2D eigenvalue weighted by Gasteiger charge is -2.43. The van der Waals surface area contributed by atoms with Crippen molar-refractivity contribution in [2.45, 2.75) is 75.5 Å². The van der Waals surface area contributed by atoms with Crippen molar-refractivity contribution in [2.24, 2.45) is 11.8 Å². The number of aliphatic carboxylic acids is 1. The molecule has 2 saturated heterocycles. The van der Waals surface area contributed by atoms with Crippen LogP contribution in [-0.4, -0.2) is 105 Å². The fraction of sp³-hybridized carbons (Fsp3) is 0.944. The van der Waals surface area contributed by atoms with Crippen molar-refractivity contribution < 1.29 is 49.6 Å². The summed E-state index contributed by atoms with van der Waals surface area (Å²) in [6.07, 6.45) is -7.60. The van der Waals surface area contributed by atoms with Crippen LogP contribution in [0, 0.1) is 11.8 Å². The Bertz CT molecular complexity index is 503. The van der Waals surface area contributed by atoms with E-state index < -0.39 is 73.2 Å². The van der Waals surface area contributed by atoms with E-state index in [4.69, 9.17) is 14.2 Å². The molecule has 0 saturated carbocycles. The summed E-state index contributed by atoms with van der Waals surface area (Å²) in [5.74, 6) is -2.76. The fourth-order valence-corrected chi connectivity index (χ4v) is 4.02. The van der Waals surface area contributed by atoms with E-state index in [-0.39, 0.29) is 13.2 Å². The minimum Gasteiger partial charge on any atom is -0.479 e. The summed E-state index contributed by atoms with van der Waals surface area (Å²) in [4.78, 5) is 11.5. The second-order valence-corrected chi connectivity index (χ2v) is 7.47. The smallest absolute Gasteiger partial charge is 0.333 e. The first-order chi connectivity index (χ1) is 13.3. The molecule has 164 valence electrons. The van der Waals surface area contributed by atoms with Gasteiger partial charge in [0, 0.05) is 11.8 Å². The van der Waals surface area contributed by atoms with Gasteiger partial charge in [-0.3, -0.25) is 0 Å². The maximum absolute atomic E-state index is 11.5. The van der Waals surface area contributed by atoms with Gasteiger partial charge in [-0.2, -0.15) is 0 Å². The zero-order chi connectivity index (χ0) is 21.0. The number of ether oxygens (including phenoxy) is 3. The van der Waals surface area contributed by atoms with Crippen molar-refractivity contribution in [3.63, 3.8) is 0 Å². The summed E-state index contributed by atoms with van der Waals surface area (Å²) >= 11 is 0. The van der Waals surface area contributed by atoms with Crippen molar-refractivity contribution >= 4 is 5.97 Å². The largest absolute Gasteiger partial charge is 0.479 e. The predicted octanol–water partition coefficient (Wildman–Crippen LogP) is -1.89. The van der Waals surface area contributed by atoms with Crippen molar-refractivity contribution in [3.05, 3.63) is 0 Å². The van der Waals surface area contributed by atoms with Gasteiger partial charge in [-0.25, -0.2) is 4.79 Å². The quantitative estimate of drug-likeness (QED) is 0.267. The molecular formula is C18H32O10. The van der Waals surface area contributed by atoms with Crippen LogP contribution in [0.1, 0.15) is 26.7 Å². The van der Waals surface area contributed by atoms with Crippen LogP contribution in [0.25, 0.3) is 0 Å². The van der Waals surface area contributed by atoms with Crippen LogP contribution in [0.3, 0.4) is 0 Å². The molecule has 6 N–H and O–H groups in total. The summed E-state index contributed by atoms with van der Waals surface area (Å²) in [7, 11) is 0. The highest BCUT2D eigenvalue weighted by atomic mass is 16.6. The maximum Gasteiger partial charge on any atom is 0.333 e. The molecule has 6 unspecified atom stereocenters. The van der Waals surface area contributed by atoms with E-state index >= 15 is 0 Å². The lowest BCUT2D eigenvalue weighted by atomic mass is 9.84. The van der Waals surface area contributed by atoms with Gasteiger partial charge < -0.3 is 44.8 Å². The third-order valence-electron chi connectivity index (χ3n) is 5.76.